The second-order valence-electron chi connectivity index (χ2n) is 8.22. The van der Waals surface area contributed by atoms with E-state index in [2.05, 4.69) is 41.4 Å². The van der Waals surface area contributed by atoms with E-state index in [1.165, 1.54) is 4.88 Å². The molecule has 1 N–H and O–H groups in total. The second kappa shape index (κ2) is 10.0. The van der Waals surface area contributed by atoms with Gasteiger partial charge >= 0.3 is 0 Å². The third-order valence-electron chi connectivity index (χ3n) is 5.31. The van der Waals surface area contributed by atoms with Gasteiger partial charge < -0.3 is 10.1 Å². The number of fused-ring (bicyclic) bond motifs is 1. The Morgan fingerprint density at radius 1 is 1.32 bits per heavy atom. The number of nitrogens with zero attached hydrogens (tertiary/aromatic N) is 5. The Morgan fingerprint density at radius 3 is 2.85 bits per heavy atom. The molecule has 0 aromatic carbocycles. The van der Waals surface area contributed by atoms with Gasteiger partial charge in [0.25, 0.3) is 5.91 Å². The molecule has 174 valence electrons. The van der Waals surface area contributed by atoms with Gasteiger partial charge in [0, 0.05) is 34.0 Å². The number of thiophene rings is 1. The molecule has 4 aromatic heterocycles. The Kier molecular flexibility index (Phi) is 6.89. The van der Waals surface area contributed by atoms with Crippen molar-refractivity contribution in [2.75, 3.05) is 11.9 Å². The topological polar surface area (TPSA) is 106 Å². The minimum atomic E-state index is -0.317. The molecular formula is C25H26N6O2S. The molecule has 4 rings (SSSR count). The van der Waals surface area contributed by atoms with E-state index in [-0.39, 0.29) is 11.9 Å². The van der Waals surface area contributed by atoms with E-state index < -0.39 is 0 Å². The van der Waals surface area contributed by atoms with Crippen LogP contribution in [0, 0.1) is 25.2 Å². The molecular weight excluding hydrogens is 448 g/mol. The zero-order valence-corrected chi connectivity index (χ0v) is 20.4. The summed E-state index contributed by atoms with van der Waals surface area (Å²) < 4.78 is 7.58. The lowest BCUT2D eigenvalue weighted by Crippen LogP contribution is -2.15. The van der Waals surface area contributed by atoms with Crippen LogP contribution in [-0.2, 0) is 0 Å². The molecule has 4 heterocycles. The Bertz CT molecular complexity index is 1380. The molecule has 1 amide bonds. The first kappa shape index (κ1) is 23.4. The number of amides is 1. The third-order valence-corrected chi connectivity index (χ3v) is 6.28. The molecule has 0 aliphatic carbocycles. The van der Waals surface area contributed by atoms with E-state index in [0.717, 1.165) is 16.1 Å². The highest BCUT2D eigenvalue weighted by Crippen LogP contribution is 2.33. The number of carbonyl (C=O) groups is 1. The van der Waals surface area contributed by atoms with Gasteiger partial charge in [-0.15, -0.1) is 11.3 Å². The lowest BCUT2D eigenvalue weighted by molar-refractivity contribution is 0.102. The van der Waals surface area contributed by atoms with Crippen molar-refractivity contribution in [1.29, 1.82) is 5.26 Å². The molecule has 9 heteroatoms. The maximum atomic E-state index is 13.5. The standard InChI is InChI=1S/C25H26N6O2S/c1-15(2)31-24-20(14-28-31)19(13-21(29-24)18-12-16(3)34-17(18)4)25(32)30-23-22(8-7-10-27-23)33-11-6-5-9-26/h7-8,10,12-15H,5-6,11H2,1-4H3,(H,27,30,32). The van der Waals surface area contributed by atoms with Gasteiger partial charge in [0.2, 0.25) is 0 Å². The summed E-state index contributed by atoms with van der Waals surface area (Å²) in [5.41, 5.74) is 2.87. The van der Waals surface area contributed by atoms with Gasteiger partial charge in [0.1, 0.15) is 0 Å². The molecule has 0 bridgehead atoms. The summed E-state index contributed by atoms with van der Waals surface area (Å²) in [6, 6.07) is 9.58. The van der Waals surface area contributed by atoms with Crippen LogP contribution >= 0.6 is 11.3 Å². The van der Waals surface area contributed by atoms with Crippen LogP contribution in [0.4, 0.5) is 5.82 Å². The predicted molar refractivity (Wildman–Crippen MR) is 133 cm³/mol. The smallest absolute Gasteiger partial charge is 0.257 e. The predicted octanol–water partition coefficient (Wildman–Crippen LogP) is 5.69. The lowest BCUT2D eigenvalue weighted by Gasteiger charge is -2.13. The van der Waals surface area contributed by atoms with Gasteiger partial charge in [0.15, 0.2) is 17.2 Å². The summed E-state index contributed by atoms with van der Waals surface area (Å²) in [4.78, 5) is 25.0. The minimum absolute atomic E-state index is 0.0886. The summed E-state index contributed by atoms with van der Waals surface area (Å²) in [5.74, 6) is 0.471. The third kappa shape index (κ3) is 4.77. The second-order valence-corrected chi connectivity index (χ2v) is 9.68. The molecule has 8 nitrogen and oxygen atoms in total. The fourth-order valence-corrected chi connectivity index (χ4v) is 4.65. The molecule has 0 radical (unpaired) electrons. The number of unbranched alkanes of at least 4 members (excludes halogenated alkanes) is 1. The summed E-state index contributed by atoms with van der Waals surface area (Å²) in [5, 5.41) is 16.8. The highest BCUT2D eigenvalue weighted by Gasteiger charge is 2.21. The van der Waals surface area contributed by atoms with Crippen molar-refractivity contribution in [2.45, 2.75) is 46.6 Å². The fourth-order valence-electron chi connectivity index (χ4n) is 3.72. The zero-order chi connectivity index (χ0) is 24.2. The van der Waals surface area contributed by atoms with E-state index in [9.17, 15) is 4.79 Å². The van der Waals surface area contributed by atoms with Crippen LogP contribution in [0.15, 0.2) is 36.7 Å². The molecule has 4 aromatic rings. The monoisotopic (exact) mass is 474 g/mol. The first-order valence-electron chi connectivity index (χ1n) is 11.1. The summed E-state index contributed by atoms with van der Waals surface area (Å²) in [6.07, 6.45) is 4.28. The molecule has 0 atom stereocenters. The molecule has 0 saturated heterocycles. The molecule has 34 heavy (non-hydrogen) atoms. The Hall–Kier alpha value is -3.77. The molecule has 0 spiro atoms. The average Bonchev–Trinajstić information content (AvgIpc) is 3.39. The van der Waals surface area contributed by atoms with Gasteiger partial charge in [0.05, 0.1) is 35.5 Å². The van der Waals surface area contributed by atoms with Gasteiger partial charge in [-0.3, -0.25) is 4.79 Å². The summed E-state index contributed by atoms with van der Waals surface area (Å²) >= 11 is 1.70. The molecule has 0 aliphatic heterocycles. The van der Waals surface area contributed by atoms with Crippen LogP contribution in [0.3, 0.4) is 0 Å². The van der Waals surface area contributed by atoms with Crippen LogP contribution < -0.4 is 10.1 Å². The number of hydrogen-bond donors (Lipinski definition) is 1. The number of nitrogens with one attached hydrogen (secondary N) is 1. The Morgan fingerprint density at radius 2 is 2.15 bits per heavy atom. The average molecular weight is 475 g/mol. The van der Waals surface area contributed by atoms with Crippen molar-refractivity contribution in [3.8, 4) is 23.1 Å². The van der Waals surface area contributed by atoms with Gasteiger partial charge in [-0.1, -0.05) is 0 Å². The maximum absolute atomic E-state index is 13.5. The maximum Gasteiger partial charge on any atom is 0.257 e. The number of anilines is 1. The Labute approximate surface area is 202 Å². The minimum Gasteiger partial charge on any atom is -0.490 e. The molecule has 0 fully saturated rings. The largest absolute Gasteiger partial charge is 0.490 e. The van der Waals surface area contributed by atoms with Crippen LogP contribution in [0.2, 0.25) is 0 Å². The van der Waals surface area contributed by atoms with Gasteiger partial charge in [-0.25, -0.2) is 14.6 Å². The van der Waals surface area contributed by atoms with Crippen molar-refractivity contribution in [2.24, 2.45) is 0 Å². The number of aromatic nitrogens is 4. The van der Waals surface area contributed by atoms with Crippen LogP contribution in [0.5, 0.6) is 5.75 Å². The number of ether oxygens (including phenoxy) is 1. The number of pyridine rings is 2. The first-order chi connectivity index (χ1) is 16.4. The van der Waals surface area contributed by atoms with Crippen LogP contribution in [0.25, 0.3) is 22.3 Å². The SMILES string of the molecule is Cc1cc(-c2cc(C(=O)Nc3ncccc3OCCCC#N)c3cnn(C(C)C)c3n2)c(C)s1. The van der Waals surface area contributed by atoms with Gasteiger partial charge in [-0.05, 0) is 58.4 Å². The van der Waals surface area contributed by atoms with Crippen molar-refractivity contribution in [3.63, 3.8) is 0 Å². The van der Waals surface area contributed by atoms with Crippen LogP contribution in [0.1, 0.15) is 52.8 Å². The van der Waals surface area contributed by atoms with E-state index in [0.29, 0.717) is 47.6 Å². The Balaban J connectivity index is 1.74. The van der Waals surface area contributed by atoms with E-state index in [1.807, 2.05) is 24.6 Å². The molecule has 0 saturated carbocycles. The number of rotatable bonds is 8. The van der Waals surface area contributed by atoms with Crippen molar-refractivity contribution in [3.05, 3.63) is 52.0 Å². The van der Waals surface area contributed by atoms with Crippen LogP contribution in [-0.4, -0.2) is 32.3 Å². The highest BCUT2D eigenvalue weighted by molar-refractivity contribution is 7.12. The van der Waals surface area contributed by atoms with Gasteiger partial charge in [-0.2, -0.15) is 10.4 Å². The number of aryl methyl sites for hydroxylation is 2. The fraction of sp³-hybridized carbons (Fsp3) is 0.320. The molecule has 0 unspecified atom stereocenters. The highest BCUT2D eigenvalue weighted by atomic mass is 32.1. The molecule has 0 aliphatic rings. The zero-order valence-electron chi connectivity index (χ0n) is 19.6. The number of hydrogen-bond acceptors (Lipinski definition) is 7. The van der Waals surface area contributed by atoms with Crippen molar-refractivity contribution in [1.82, 2.24) is 19.7 Å². The van der Waals surface area contributed by atoms with Crippen molar-refractivity contribution < 1.29 is 9.53 Å². The number of nitriles is 1. The summed E-state index contributed by atoms with van der Waals surface area (Å²) in [6.45, 7) is 8.55. The normalized spacial score (nSPS) is 11.1. The quantitative estimate of drug-likeness (QED) is 0.329. The van der Waals surface area contributed by atoms with E-state index >= 15 is 0 Å². The number of carbonyl (C=O) groups excluding carboxylic acids is 1. The van der Waals surface area contributed by atoms with Crippen molar-refractivity contribution >= 4 is 34.1 Å². The van der Waals surface area contributed by atoms with E-state index in [1.54, 1.807) is 35.9 Å². The summed E-state index contributed by atoms with van der Waals surface area (Å²) in [7, 11) is 0. The van der Waals surface area contributed by atoms with E-state index in [4.69, 9.17) is 15.0 Å². The lowest BCUT2D eigenvalue weighted by atomic mass is 10.1. The first-order valence-corrected chi connectivity index (χ1v) is 11.9.